The third-order valence-electron chi connectivity index (χ3n) is 3.97. The van der Waals surface area contributed by atoms with Gasteiger partial charge in [-0.2, -0.15) is 0 Å². The van der Waals surface area contributed by atoms with E-state index in [2.05, 4.69) is 0 Å². The Morgan fingerprint density at radius 3 is 1.45 bits per heavy atom. The van der Waals surface area contributed by atoms with Crippen LogP contribution in [-0.4, -0.2) is 17.5 Å². The minimum Gasteiger partial charge on any atom is -0.318 e. The smallest absolute Gasteiger partial charge is 0.0898 e. The summed E-state index contributed by atoms with van der Waals surface area (Å²) in [7, 11) is 0. The first-order chi connectivity index (χ1) is 10.3. The Kier molecular flexibility index (Phi) is 4.57. The van der Waals surface area contributed by atoms with Gasteiger partial charge in [-0.05, 0) is 38.8 Å². The van der Waals surface area contributed by atoms with Crippen LogP contribution in [-0.2, 0) is 0 Å². The highest BCUT2D eigenvalue weighted by Gasteiger charge is 2.20. The minimum absolute atomic E-state index is 0.294. The lowest BCUT2D eigenvalue weighted by atomic mass is 9.90. The Labute approximate surface area is 132 Å². The van der Waals surface area contributed by atoms with E-state index in [4.69, 9.17) is 16.6 Å². The highest BCUT2D eigenvalue weighted by atomic mass is 14.7. The fourth-order valence-corrected chi connectivity index (χ4v) is 2.71. The third kappa shape index (κ3) is 3.15. The molecule has 0 bridgehead atoms. The maximum Gasteiger partial charge on any atom is 0.0898 e. The van der Waals surface area contributed by atoms with Crippen LogP contribution in [0.5, 0.6) is 0 Å². The molecule has 0 atom stereocenters. The summed E-state index contributed by atoms with van der Waals surface area (Å²) in [4.78, 5) is 0. The molecule has 0 amide bonds. The zero-order chi connectivity index (χ0) is 16.4. The van der Waals surface area contributed by atoms with Gasteiger partial charge in [0.2, 0.25) is 0 Å². The molecule has 0 heterocycles. The third-order valence-corrected chi connectivity index (χ3v) is 3.97. The number of nitrogens with one attached hydrogen (secondary N) is 2. The molecule has 0 saturated carbocycles. The largest absolute Gasteiger partial charge is 0.318 e. The van der Waals surface area contributed by atoms with Gasteiger partial charge in [0, 0.05) is 11.1 Å². The summed E-state index contributed by atoms with van der Waals surface area (Å²) >= 11 is 0. The molecule has 3 heteroatoms. The van der Waals surface area contributed by atoms with Gasteiger partial charge in [0.1, 0.15) is 0 Å². The molecule has 3 nitrogen and oxygen atoms in total. The van der Waals surface area contributed by atoms with E-state index < -0.39 is 6.04 Å². The summed E-state index contributed by atoms with van der Waals surface area (Å²) < 4.78 is 0. The number of benzene rings is 2. The van der Waals surface area contributed by atoms with E-state index in [1.165, 1.54) is 0 Å². The van der Waals surface area contributed by atoms with Gasteiger partial charge in [-0.15, -0.1) is 0 Å². The predicted octanol–water partition coefficient (Wildman–Crippen LogP) is 3.68. The topological polar surface area (TPSA) is 73.7 Å². The molecule has 0 fully saturated rings. The molecule has 0 spiro atoms. The summed E-state index contributed by atoms with van der Waals surface area (Å²) in [5.41, 5.74) is 12.8. The lowest BCUT2D eigenvalue weighted by Crippen LogP contribution is -2.39. The van der Waals surface area contributed by atoms with Gasteiger partial charge in [-0.1, -0.05) is 47.5 Å². The van der Waals surface area contributed by atoms with Crippen molar-refractivity contribution in [2.75, 3.05) is 0 Å². The normalized spacial score (nSPS) is 12.0. The van der Waals surface area contributed by atoms with Crippen LogP contribution in [0.3, 0.4) is 0 Å². The fourth-order valence-electron chi connectivity index (χ4n) is 2.71. The van der Waals surface area contributed by atoms with Gasteiger partial charge in [0.15, 0.2) is 0 Å². The number of aryl methyl sites for hydroxylation is 4. The van der Waals surface area contributed by atoms with E-state index in [0.29, 0.717) is 11.4 Å². The van der Waals surface area contributed by atoms with E-state index in [1.807, 2.05) is 64.1 Å². The number of hydrogen-bond donors (Lipinski definition) is 3. The second kappa shape index (κ2) is 6.24. The molecule has 2 rings (SSSR count). The van der Waals surface area contributed by atoms with Crippen LogP contribution in [0.15, 0.2) is 36.4 Å². The van der Waals surface area contributed by atoms with E-state index in [9.17, 15) is 0 Å². The van der Waals surface area contributed by atoms with Crippen LogP contribution in [0.25, 0.3) is 0 Å². The van der Waals surface area contributed by atoms with Crippen LogP contribution in [0.4, 0.5) is 0 Å². The van der Waals surface area contributed by atoms with Crippen LogP contribution in [0.1, 0.15) is 33.4 Å². The van der Waals surface area contributed by atoms with Crippen molar-refractivity contribution in [3.05, 3.63) is 69.8 Å². The van der Waals surface area contributed by atoms with Crippen molar-refractivity contribution in [2.24, 2.45) is 5.73 Å². The molecule has 0 saturated heterocycles. The van der Waals surface area contributed by atoms with Gasteiger partial charge in [0.05, 0.1) is 17.5 Å². The Hall–Kier alpha value is -2.26. The van der Waals surface area contributed by atoms with Crippen molar-refractivity contribution >= 4 is 11.4 Å². The van der Waals surface area contributed by atoms with Crippen LogP contribution in [0.2, 0.25) is 0 Å². The highest BCUT2D eigenvalue weighted by Crippen LogP contribution is 2.16. The van der Waals surface area contributed by atoms with Gasteiger partial charge >= 0.3 is 0 Å². The summed E-state index contributed by atoms with van der Waals surface area (Å²) in [6.07, 6.45) is 0. The Balaban J connectivity index is 2.32. The van der Waals surface area contributed by atoms with Crippen molar-refractivity contribution in [1.82, 2.24) is 0 Å². The molecule has 22 heavy (non-hydrogen) atoms. The predicted molar refractivity (Wildman–Crippen MR) is 93.5 cm³/mol. The zero-order valence-corrected chi connectivity index (χ0v) is 13.6. The number of hydrogen-bond acceptors (Lipinski definition) is 3. The molecule has 2 aromatic rings. The average Bonchev–Trinajstić information content (AvgIpc) is 2.45. The van der Waals surface area contributed by atoms with Crippen LogP contribution in [0, 0.1) is 38.5 Å². The standard InChI is InChI=1S/C19H23N3/c1-11-5-7-15(13(3)9-11)17(20)19(22)18(21)16-8-6-12(2)10-14(16)4/h5-10,19-21H,22H2,1-4H3. The molecule has 0 unspecified atom stereocenters. The SMILES string of the molecule is Cc1ccc(C(=N)C(N)C(=N)c2ccc(C)cc2C)c(C)c1. The lowest BCUT2D eigenvalue weighted by molar-refractivity contribution is 1.09. The summed E-state index contributed by atoms with van der Waals surface area (Å²) in [5, 5.41) is 16.7. The molecule has 0 aliphatic carbocycles. The van der Waals surface area contributed by atoms with Crippen LogP contribution >= 0.6 is 0 Å². The molecule has 0 radical (unpaired) electrons. The van der Waals surface area contributed by atoms with E-state index >= 15 is 0 Å². The molecular weight excluding hydrogens is 270 g/mol. The lowest BCUT2D eigenvalue weighted by Gasteiger charge is -2.18. The summed E-state index contributed by atoms with van der Waals surface area (Å²) in [6.45, 7) is 8.00. The molecule has 114 valence electrons. The Morgan fingerprint density at radius 1 is 0.773 bits per heavy atom. The van der Waals surface area contributed by atoms with Gasteiger partial charge in [-0.3, -0.25) is 0 Å². The second-order valence-electron chi connectivity index (χ2n) is 5.94. The minimum atomic E-state index is -0.720. The molecule has 2 aromatic carbocycles. The van der Waals surface area contributed by atoms with Gasteiger partial charge in [0.25, 0.3) is 0 Å². The average molecular weight is 293 g/mol. The Morgan fingerprint density at radius 2 is 1.14 bits per heavy atom. The first-order valence-corrected chi connectivity index (χ1v) is 7.39. The van der Waals surface area contributed by atoms with E-state index in [-0.39, 0.29) is 0 Å². The quantitative estimate of drug-likeness (QED) is 0.739. The number of nitrogens with two attached hydrogens (primary N) is 1. The van der Waals surface area contributed by atoms with Crippen molar-refractivity contribution < 1.29 is 0 Å². The molecule has 0 aromatic heterocycles. The fraction of sp³-hybridized carbons (Fsp3) is 0.263. The second-order valence-corrected chi connectivity index (χ2v) is 5.94. The van der Waals surface area contributed by atoms with Crippen molar-refractivity contribution in [1.29, 1.82) is 10.8 Å². The van der Waals surface area contributed by atoms with Crippen molar-refractivity contribution in [3.8, 4) is 0 Å². The van der Waals surface area contributed by atoms with E-state index in [1.54, 1.807) is 0 Å². The number of rotatable bonds is 4. The van der Waals surface area contributed by atoms with Crippen molar-refractivity contribution in [3.63, 3.8) is 0 Å². The van der Waals surface area contributed by atoms with E-state index in [0.717, 1.165) is 33.4 Å². The summed E-state index contributed by atoms with van der Waals surface area (Å²) in [6, 6.07) is 11.1. The molecule has 0 aliphatic heterocycles. The maximum atomic E-state index is 8.37. The maximum absolute atomic E-state index is 8.37. The Bertz CT molecular complexity index is 681. The van der Waals surface area contributed by atoms with Crippen LogP contribution < -0.4 is 5.73 Å². The highest BCUT2D eigenvalue weighted by molar-refractivity contribution is 6.21. The van der Waals surface area contributed by atoms with Gasteiger partial charge < -0.3 is 16.6 Å². The molecular formula is C19H23N3. The first kappa shape index (κ1) is 16.1. The first-order valence-electron chi connectivity index (χ1n) is 7.39. The zero-order valence-electron chi connectivity index (χ0n) is 13.6. The summed E-state index contributed by atoms with van der Waals surface area (Å²) in [5.74, 6) is 0. The van der Waals surface area contributed by atoms with Gasteiger partial charge in [-0.25, -0.2) is 0 Å². The molecule has 4 N–H and O–H groups in total. The monoisotopic (exact) mass is 293 g/mol. The molecule has 0 aliphatic rings. The van der Waals surface area contributed by atoms with Crippen molar-refractivity contribution in [2.45, 2.75) is 33.7 Å².